The first-order valence-corrected chi connectivity index (χ1v) is 4.60. The van der Waals surface area contributed by atoms with Gasteiger partial charge in [0.2, 0.25) is 0 Å². The van der Waals surface area contributed by atoms with Crippen LogP contribution >= 0.6 is 0 Å². The van der Waals surface area contributed by atoms with Crippen LogP contribution in [0.2, 0.25) is 0 Å². The Balaban J connectivity index is 0. The molecule has 0 N–H and O–H groups in total. The summed E-state index contributed by atoms with van der Waals surface area (Å²) in [6.07, 6.45) is 6.72. The van der Waals surface area contributed by atoms with Crippen LogP contribution in [0.1, 0.15) is 27.7 Å². The number of nitrogens with zero attached hydrogens (tertiary/aromatic N) is 2. The molecular weight excluding hydrogens is 172 g/mol. The Hall–Kier alpha value is -1.80. The van der Waals surface area contributed by atoms with Crippen molar-refractivity contribution in [2.24, 2.45) is 0 Å². The summed E-state index contributed by atoms with van der Waals surface area (Å²) in [5, 5.41) is 17.3. The molecule has 14 heavy (non-hydrogen) atoms. The van der Waals surface area contributed by atoms with Gasteiger partial charge in [0.05, 0.1) is 11.1 Å². The molecular formula is C12H16N2. The monoisotopic (exact) mass is 188 g/mol. The van der Waals surface area contributed by atoms with Crippen molar-refractivity contribution in [3.05, 3.63) is 35.5 Å². The average molecular weight is 188 g/mol. The molecule has 0 aliphatic carbocycles. The number of hydrogen-bond acceptors (Lipinski definition) is 2. The predicted octanol–water partition coefficient (Wildman–Crippen LogP) is 3.51. The van der Waals surface area contributed by atoms with Gasteiger partial charge in [-0.3, -0.25) is 0 Å². The Labute approximate surface area is 86.5 Å². The lowest BCUT2D eigenvalue weighted by Gasteiger charge is -1.89. The first-order valence-electron chi connectivity index (χ1n) is 4.60. The fraction of sp³-hybridized carbons (Fsp3) is 0.333. The SMILES string of the molecule is CC.C\C=C/C(C#N)=C(C#N)\C=C/C. The minimum Gasteiger partial charge on any atom is -0.192 e. The molecule has 74 valence electrons. The molecule has 0 rings (SSSR count). The smallest absolute Gasteiger partial charge is 0.100 e. The fourth-order valence-corrected chi connectivity index (χ4v) is 0.708. The van der Waals surface area contributed by atoms with Crippen LogP contribution in [0.4, 0.5) is 0 Å². The molecule has 0 bridgehead atoms. The lowest BCUT2D eigenvalue weighted by atomic mass is 10.1. The van der Waals surface area contributed by atoms with Gasteiger partial charge in [0.15, 0.2) is 0 Å². The van der Waals surface area contributed by atoms with Gasteiger partial charge in [0.1, 0.15) is 12.1 Å². The zero-order chi connectivity index (χ0) is 11.4. The first-order chi connectivity index (χ1) is 6.79. The normalized spacial score (nSPS) is 11.3. The second-order valence-corrected chi connectivity index (χ2v) is 2.05. The summed E-state index contributed by atoms with van der Waals surface area (Å²) in [7, 11) is 0. The fourth-order valence-electron chi connectivity index (χ4n) is 0.708. The van der Waals surface area contributed by atoms with Crippen LogP contribution < -0.4 is 0 Å². The van der Waals surface area contributed by atoms with Crippen LogP contribution in [0.25, 0.3) is 0 Å². The van der Waals surface area contributed by atoms with Crippen molar-refractivity contribution in [1.29, 1.82) is 10.5 Å². The lowest BCUT2D eigenvalue weighted by Crippen LogP contribution is -1.79. The minimum absolute atomic E-state index is 0.401. The molecule has 0 spiro atoms. The Morgan fingerprint density at radius 1 is 0.857 bits per heavy atom. The molecule has 0 amide bonds. The van der Waals surface area contributed by atoms with E-state index >= 15 is 0 Å². The number of hydrogen-bond donors (Lipinski definition) is 0. The highest BCUT2D eigenvalue weighted by Gasteiger charge is 1.96. The van der Waals surface area contributed by atoms with Crippen LogP contribution in [-0.2, 0) is 0 Å². The first kappa shape index (κ1) is 14.7. The summed E-state index contributed by atoms with van der Waals surface area (Å²) < 4.78 is 0. The van der Waals surface area contributed by atoms with E-state index in [1.54, 1.807) is 24.3 Å². The third kappa shape index (κ3) is 5.80. The number of rotatable bonds is 2. The Bertz CT molecular complexity index is 274. The Morgan fingerprint density at radius 2 is 1.14 bits per heavy atom. The maximum atomic E-state index is 8.64. The zero-order valence-corrected chi connectivity index (χ0v) is 9.20. The van der Waals surface area contributed by atoms with Crippen molar-refractivity contribution >= 4 is 0 Å². The van der Waals surface area contributed by atoms with Crippen molar-refractivity contribution < 1.29 is 0 Å². The van der Waals surface area contributed by atoms with Gasteiger partial charge in [0, 0.05) is 0 Å². The van der Waals surface area contributed by atoms with Crippen molar-refractivity contribution in [2.45, 2.75) is 27.7 Å². The van der Waals surface area contributed by atoms with E-state index in [1.165, 1.54) is 0 Å². The molecule has 0 aliphatic heterocycles. The van der Waals surface area contributed by atoms with Crippen LogP contribution in [0.15, 0.2) is 35.5 Å². The summed E-state index contributed by atoms with van der Waals surface area (Å²) in [5.74, 6) is 0. The van der Waals surface area contributed by atoms with Gasteiger partial charge < -0.3 is 0 Å². The van der Waals surface area contributed by atoms with Crippen molar-refractivity contribution in [3.8, 4) is 12.1 Å². The van der Waals surface area contributed by atoms with E-state index in [1.807, 2.05) is 39.8 Å². The van der Waals surface area contributed by atoms with E-state index in [-0.39, 0.29) is 0 Å². The van der Waals surface area contributed by atoms with Crippen molar-refractivity contribution in [1.82, 2.24) is 0 Å². The second kappa shape index (κ2) is 11.2. The van der Waals surface area contributed by atoms with E-state index in [4.69, 9.17) is 10.5 Å². The number of nitriles is 2. The molecule has 0 radical (unpaired) electrons. The minimum atomic E-state index is 0.401. The van der Waals surface area contributed by atoms with E-state index in [0.717, 1.165) is 0 Å². The van der Waals surface area contributed by atoms with E-state index < -0.39 is 0 Å². The molecule has 2 heteroatoms. The standard InChI is InChI=1S/C10H10N2.C2H6/c1-3-5-9(7-11)10(8-12)6-4-2;1-2/h3-6H,1-2H3;1-2H3/b5-3-,6-4-,10-9-;. The summed E-state index contributed by atoms with van der Waals surface area (Å²) in [6.45, 7) is 7.62. The Kier molecular flexibility index (Phi) is 11.8. The quantitative estimate of drug-likeness (QED) is 0.491. The van der Waals surface area contributed by atoms with Gasteiger partial charge in [-0.05, 0) is 26.0 Å². The van der Waals surface area contributed by atoms with Crippen molar-refractivity contribution in [2.75, 3.05) is 0 Å². The molecule has 0 aromatic heterocycles. The second-order valence-electron chi connectivity index (χ2n) is 2.05. The van der Waals surface area contributed by atoms with Gasteiger partial charge in [-0.15, -0.1) is 0 Å². The van der Waals surface area contributed by atoms with Crippen LogP contribution in [0.5, 0.6) is 0 Å². The molecule has 0 fully saturated rings. The molecule has 0 aliphatic rings. The summed E-state index contributed by atoms with van der Waals surface area (Å²) in [4.78, 5) is 0. The summed E-state index contributed by atoms with van der Waals surface area (Å²) >= 11 is 0. The topological polar surface area (TPSA) is 47.6 Å². The van der Waals surface area contributed by atoms with Crippen LogP contribution in [-0.4, -0.2) is 0 Å². The third-order valence-corrected chi connectivity index (χ3v) is 1.20. The summed E-state index contributed by atoms with van der Waals surface area (Å²) in [6, 6.07) is 3.92. The van der Waals surface area contributed by atoms with Gasteiger partial charge in [0.25, 0.3) is 0 Å². The summed E-state index contributed by atoms with van der Waals surface area (Å²) in [5.41, 5.74) is 0.802. The lowest BCUT2D eigenvalue weighted by molar-refractivity contribution is 1.43. The largest absolute Gasteiger partial charge is 0.192 e. The van der Waals surface area contributed by atoms with Crippen molar-refractivity contribution in [3.63, 3.8) is 0 Å². The predicted molar refractivity (Wildman–Crippen MR) is 59.2 cm³/mol. The highest BCUT2D eigenvalue weighted by Crippen LogP contribution is 2.05. The molecule has 0 aromatic rings. The van der Waals surface area contributed by atoms with Gasteiger partial charge in [-0.25, -0.2) is 0 Å². The van der Waals surface area contributed by atoms with Gasteiger partial charge in [-0.2, -0.15) is 10.5 Å². The molecule has 2 nitrogen and oxygen atoms in total. The van der Waals surface area contributed by atoms with Crippen LogP contribution in [0, 0.1) is 22.7 Å². The molecule has 0 unspecified atom stereocenters. The third-order valence-electron chi connectivity index (χ3n) is 1.20. The maximum absolute atomic E-state index is 8.64. The Morgan fingerprint density at radius 3 is 1.29 bits per heavy atom. The van der Waals surface area contributed by atoms with E-state index in [9.17, 15) is 0 Å². The average Bonchev–Trinajstić information content (AvgIpc) is 2.26. The highest BCUT2D eigenvalue weighted by molar-refractivity contribution is 5.49. The number of allylic oxidation sites excluding steroid dienone is 6. The molecule has 0 saturated heterocycles. The zero-order valence-electron chi connectivity index (χ0n) is 9.20. The molecule has 0 heterocycles. The van der Waals surface area contributed by atoms with Crippen LogP contribution in [0.3, 0.4) is 0 Å². The molecule has 0 aromatic carbocycles. The van der Waals surface area contributed by atoms with Gasteiger partial charge >= 0.3 is 0 Å². The maximum Gasteiger partial charge on any atom is 0.100 e. The van der Waals surface area contributed by atoms with E-state index in [0.29, 0.717) is 11.1 Å². The van der Waals surface area contributed by atoms with E-state index in [2.05, 4.69) is 0 Å². The molecule has 0 atom stereocenters. The highest BCUT2D eigenvalue weighted by atomic mass is 14.3. The van der Waals surface area contributed by atoms with Gasteiger partial charge in [-0.1, -0.05) is 26.0 Å². The molecule has 0 saturated carbocycles.